The van der Waals surface area contributed by atoms with Crippen LogP contribution >= 0.6 is 0 Å². The van der Waals surface area contributed by atoms with Gasteiger partial charge in [-0.1, -0.05) is 6.07 Å². The van der Waals surface area contributed by atoms with Crippen molar-refractivity contribution in [2.24, 2.45) is 5.84 Å². The molecular weight excluding hydrogens is 284 g/mol. The van der Waals surface area contributed by atoms with Crippen LogP contribution in [-0.4, -0.2) is 4.92 Å². The van der Waals surface area contributed by atoms with Gasteiger partial charge in [0, 0.05) is 6.07 Å². The minimum absolute atomic E-state index is 0.0902. The molecule has 0 spiro atoms. The molecule has 0 fully saturated rings. The fourth-order valence-corrected chi connectivity index (χ4v) is 1.70. The molecule has 2 aromatic carbocycles. The molecule has 0 atom stereocenters. The van der Waals surface area contributed by atoms with E-state index in [-0.39, 0.29) is 23.7 Å². The number of rotatable bonds is 5. The van der Waals surface area contributed by atoms with Gasteiger partial charge in [-0.25, -0.2) is 4.39 Å². The number of hydrogen-bond donors (Lipinski definition) is 2. The van der Waals surface area contributed by atoms with E-state index in [9.17, 15) is 18.9 Å². The molecule has 0 bridgehead atoms. The molecule has 8 heteroatoms. The van der Waals surface area contributed by atoms with Gasteiger partial charge in [-0.2, -0.15) is 4.39 Å². The second kappa shape index (κ2) is 6.14. The Kier molecular flexibility index (Phi) is 4.29. The minimum Gasteiger partial charge on any atom is -0.486 e. The van der Waals surface area contributed by atoms with Crippen LogP contribution in [0.5, 0.6) is 5.75 Å². The number of nitro groups is 1. The molecule has 0 aromatic heterocycles. The Hall–Kier alpha value is -2.74. The Balaban J connectivity index is 2.17. The van der Waals surface area contributed by atoms with E-state index < -0.39 is 16.6 Å². The number of ether oxygens (including phenoxy) is 1. The number of benzene rings is 2. The largest absolute Gasteiger partial charge is 0.486 e. The zero-order chi connectivity index (χ0) is 15.4. The molecule has 2 rings (SSSR count). The van der Waals surface area contributed by atoms with E-state index in [1.54, 1.807) is 0 Å². The van der Waals surface area contributed by atoms with Crippen LogP contribution in [0.3, 0.4) is 0 Å². The number of hydrogen-bond acceptors (Lipinski definition) is 5. The van der Waals surface area contributed by atoms with Gasteiger partial charge in [-0.15, -0.1) is 0 Å². The van der Waals surface area contributed by atoms with Crippen molar-refractivity contribution < 1.29 is 18.4 Å². The van der Waals surface area contributed by atoms with Crippen LogP contribution in [0, 0.1) is 21.7 Å². The SMILES string of the molecule is NNc1cc(COc2cccc(F)c2F)ccc1[N+](=O)[O-]. The van der Waals surface area contributed by atoms with Gasteiger partial charge in [0.15, 0.2) is 11.6 Å². The third kappa shape index (κ3) is 3.23. The summed E-state index contributed by atoms with van der Waals surface area (Å²) in [5.41, 5.74) is 2.62. The molecule has 0 saturated heterocycles. The van der Waals surface area contributed by atoms with Crippen LogP contribution in [0.4, 0.5) is 20.2 Å². The third-order valence-electron chi connectivity index (χ3n) is 2.72. The highest BCUT2D eigenvalue weighted by Gasteiger charge is 2.14. The lowest BCUT2D eigenvalue weighted by Crippen LogP contribution is -2.10. The number of nitrogens with two attached hydrogens (primary N) is 1. The van der Waals surface area contributed by atoms with Gasteiger partial charge >= 0.3 is 0 Å². The standard InChI is InChI=1S/C13H11F2N3O3/c14-9-2-1-3-12(13(9)15)21-7-8-4-5-11(18(19)20)10(6-8)17-16/h1-6,17H,7,16H2. The fourth-order valence-electron chi connectivity index (χ4n) is 1.70. The maximum absolute atomic E-state index is 13.4. The topological polar surface area (TPSA) is 90.4 Å². The molecule has 0 unspecified atom stereocenters. The Bertz CT molecular complexity index is 680. The van der Waals surface area contributed by atoms with Crippen molar-refractivity contribution >= 4 is 11.4 Å². The summed E-state index contributed by atoms with van der Waals surface area (Å²) >= 11 is 0. The van der Waals surface area contributed by atoms with E-state index in [4.69, 9.17) is 10.6 Å². The van der Waals surface area contributed by atoms with Crippen molar-refractivity contribution in [2.75, 3.05) is 5.43 Å². The molecule has 0 amide bonds. The van der Waals surface area contributed by atoms with Crippen LogP contribution in [0.15, 0.2) is 36.4 Å². The van der Waals surface area contributed by atoms with Gasteiger partial charge in [0.2, 0.25) is 5.82 Å². The van der Waals surface area contributed by atoms with Gasteiger partial charge in [0.25, 0.3) is 5.69 Å². The van der Waals surface area contributed by atoms with Crippen LogP contribution in [-0.2, 0) is 6.61 Å². The van der Waals surface area contributed by atoms with Gasteiger partial charge in [0.1, 0.15) is 12.3 Å². The van der Waals surface area contributed by atoms with Crippen LogP contribution < -0.4 is 16.0 Å². The highest BCUT2D eigenvalue weighted by Crippen LogP contribution is 2.26. The number of hydrazine groups is 1. The lowest BCUT2D eigenvalue weighted by atomic mass is 10.2. The van der Waals surface area contributed by atoms with Gasteiger partial charge in [0.05, 0.1) is 4.92 Å². The summed E-state index contributed by atoms with van der Waals surface area (Å²) in [5, 5.41) is 10.7. The Morgan fingerprint density at radius 1 is 1.29 bits per heavy atom. The molecule has 0 radical (unpaired) electrons. The van der Waals surface area contributed by atoms with Crippen LogP contribution in [0.1, 0.15) is 5.56 Å². The zero-order valence-corrected chi connectivity index (χ0v) is 10.7. The first kappa shape index (κ1) is 14.7. The molecule has 0 aliphatic rings. The van der Waals surface area contributed by atoms with Crippen molar-refractivity contribution in [3.63, 3.8) is 0 Å². The molecule has 110 valence electrons. The van der Waals surface area contributed by atoms with Crippen molar-refractivity contribution in [3.05, 3.63) is 63.7 Å². The summed E-state index contributed by atoms with van der Waals surface area (Å²) in [6.45, 7) is -0.0902. The lowest BCUT2D eigenvalue weighted by molar-refractivity contribution is -0.384. The van der Waals surface area contributed by atoms with Crippen molar-refractivity contribution in [3.8, 4) is 5.75 Å². The fraction of sp³-hybridized carbons (Fsp3) is 0.0769. The maximum Gasteiger partial charge on any atom is 0.293 e. The Labute approximate surface area is 118 Å². The predicted molar refractivity (Wildman–Crippen MR) is 71.6 cm³/mol. The molecule has 3 N–H and O–H groups in total. The average Bonchev–Trinajstić information content (AvgIpc) is 2.48. The Morgan fingerprint density at radius 2 is 2.05 bits per heavy atom. The first-order valence-electron chi connectivity index (χ1n) is 5.83. The number of nitro benzene ring substituents is 1. The predicted octanol–water partition coefficient (Wildman–Crippen LogP) is 2.74. The quantitative estimate of drug-likeness (QED) is 0.503. The zero-order valence-electron chi connectivity index (χ0n) is 10.7. The van der Waals surface area contributed by atoms with E-state index in [2.05, 4.69) is 5.43 Å². The molecule has 0 heterocycles. The summed E-state index contributed by atoms with van der Waals surface area (Å²) in [6.07, 6.45) is 0. The molecule has 0 saturated carbocycles. The number of nitrogens with zero attached hydrogens (tertiary/aromatic N) is 1. The Morgan fingerprint density at radius 3 is 2.71 bits per heavy atom. The van der Waals surface area contributed by atoms with E-state index in [0.717, 1.165) is 6.07 Å². The van der Waals surface area contributed by atoms with Crippen LogP contribution in [0.2, 0.25) is 0 Å². The summed E-state index contributed by atoms with van der Waals surface area (Å²) in [6, 6.07) is 7.66. The van der Waals surface area contributed by atoms with E-state index in [1.165, 1.54) is 30.3 Å². The van der Waals surface area contributed by atoms with E-state index >= 15 is 0 Å². The molecular formula is C13H11F2N3O3. The molecule has 2 aromatic rings. The first-order valence-corrected chi connectivity index (χ1v) is 5.83. The van der Waals surface area contributed by atoms with Crippen molar-refractivity contribution in [2.45, 2.75) is 6.61 Å². The minimum atomic E-state index is -1.09. The highest BCUT2D eigenvalue weighted by atomic mass is 19.2. The molecule has 6 nitrogen and oxygen atoms in total. The van der Waals surface area contributed by atoms with E-state index in [0.29, 0.717) is 5.56 Å². The number of halogens is 2. The summed E-state index contributed by atoms with van der Waals surface area (Å²) in [5.74, 6) is 2.86. The average molecular weight is 295 g/mol. The monoisotopic (exact) mass is 295 g/mol. The number of nitrogen functional groups attached to an aromatic ring is 1. The third-order valence-corrected chi connectivity index (χ3v) is 2.72. The van der Waals surface area contributed by atoms with Gasteiger partial charge in [-0.05, 0) is 29.8 Å². The second-order valence-electron chi connectivity index (χ2n) is 4.09. The van der Waals surface area contributed by atoms with Gasteiger partial charge in [-0.3, -0.25) is 16.0 Å². The number of anilines is 1. The highest BCUT2D eigenvalue weighted by molar-refractivity contribution is 5.62. The smallest absolute Gasteiger partial charge is 0.293 e. The summed E-state index contributed by atoms with van der Waals surface area (Å²) in [4.78, 5) is 10.1. The second-order valence-corrected chi connectivity index (χ2v) is 4.09. The molecule has 21 heavy (non-hydrogen) atoms. The lowest BCUT2D eigenvalue weighted by Gasteiger charge is -2.09. The summed E-state index contributed by atoms with van der Waals surface area (Å²) in [7, 11) is 0. The van der Waals surface area contributed by atoms with Crippen molar-refractivity contribution in [1.82, 2.24) is 0 Å². The molecule has 0 aliphatic carbocycles. The first-order chi connectivity index (χ1) is 10.0. The number of nitrogens with one attached hydrogen (secondary N) is 1. The normalized spacial score (nSPS) is 10.2. The van der Waals surface area contributed by atoms with E-state index in [1.807, 2.05) is 0 Å². The molecule has 0 aliphatic heterocycles. The summed E-state index contributed by atoms with van der Waals surface area (Å²) < 4.78 is 31.6. The van der Waals surface area contributed by atoms with Gasteiger partial charge < -0.3 is 10.2 Å². The maximum atomic E-state index is 13.4. The van der Waals surface area contributed by atoms with Crippen molar-refractivity contribution in [1.29, 1.82) is 0 Å². The van der Waals surface area contributed by atoms with Crippen LogP contribution in [0.25, 0.3) is 0 Å².